The van der Waals surface area contributed by atoms with Crippen molar-refractivity contribution in [1.82, 2.24) is 0 Å². The summed E-state index contributed by atoms with van der Waals surface area (Å²) in [7, 11) is 0. The van der Waals surface area contributed by atoms with E-state index in [9.17, 15) is 9.59 Å². The number of rotatable bonds is 3. The molecule has 23 heavy (non-hydrogen) atoms. The lowest BCUT2D eigenvalue weighted by Crippen LogP contribution is -2.50. The SMILES string of the molecule is CC(=O)c1ccc[n+]([C@H](C)C(=O)N2c3ccccc3C[C@H]2C)c1. The molecule has 118 valence electrons. The third-order valence-corrected chi connectivity index (χ3v) is 4.48. The summed E-state index contributed by atoms with van der Waals surface area (Å²) >= 11 is 0. The Balaban J connectivity index is 1.91. The van der Waals surface area contributed by atoms with Gasteiger partial charge < -0.3 is 4.90 Å². The van der Waals surface area contributed by atoms with Crippen LogP contribution in [0.2, 0.25) is 0 Å². The molecular formula is C19H21N2O2+. The number of amides is 1. The number of aromatic nitrogens is 1. The van der Waals surface area contributed by atoms with Gasteiger partial charge in [0, 0.05) is 24.7 Å². The van der Waals surface area contributed by atoms with Gasteiger partial charge in [-0.15, -0.1) is 0 Å². The lowest BCUT2D eigenvalue weighted by Gasteiger charge is -2.23. The minimum atomic E-state index is -0.358. The molecule has 0 N–H and O–H groups in total. The van der Waals surface area contributed by atoms with E-state index < -0.39 is 0 Å². The zero-order chi connectivity index (χ0) is 16.6. The Morgan fingerprint density at radius 1 is 1.22 bits per heavy atom. The van der Waals surface area contributed by atoms with Crippen molar-refractivity contribution in [3.8, 4) is 0 Å². The summed E-state index contributed by atoms with van der Waals surface area (Å²) in [5.74, 6) is 0.0482. The van der Waals surface area contributed by atoms with Crippen LogP contribution >= 0.6 is 0 Å². The Bertz CT molecular complexity index is 769. The Morgan fingerprint density at radius 3 is 2.70 bits per heavy atom. The minimum Gasteiger partial charge on any atom is -0.303 e. The smallest absolute Gasteiger partial charge is 0.296 e. The maximum Gasteiger partial charge on any atom is 0.296 e. The summed E-state index contributed by atoms with van der Waals surface area (Å²) in [6.45, 7) is 5.48. The van der Waals surface area contributed by atoms with Gasteiger partial charge in [0.05, 0.1) is 5.56 Å². The van der Waals surface area contributed by atoms with Gasteiger partial charge in [-0.05, 0) is 38.0 Å². The predicted molar refractivity (Wildman–Crippen MR) is 88.4 cm³/mol. The van der Waals surface area contributed by atoms with Gasteiger partial charge in [-0.3, -0.25) is 9.59 Å². The second-order valence-electron chi connectivity index (χ2n) is 6.16. The van der Waals surface area contributed by atoms with E-state index >= 15 is 0 Å². The molecule has 0 aliphatic carbocycles. The van der Waals surface area contributed by atoms with Crippen LogP contribution in [0.25, 0.3) is 0 Å². The number of carbonyl (C=O) groups excluding carboxylic acids is 2. The molecule has 2 atom stereocenters. The van der Waals surface area contributed by atoms with Gasteiger partial charge in [0.15, 0.2) is 18.2 Å². The van der Waals surface area contributed by atoms with Crippen molar-refractivity contribution in [2.75, 3.05) is 4.90 Å². The van der Waals surface area contributed by atoms with Crippen molar-refractivity contribution in [2.45, 2.75) is 39.3 Å². The van der Waals surface area contributed by atoms with Crippen molar-refractivity contribution >= 4 is 17.4 Å². The van der Waals surface area contributed by atoms with Gasteiger partial charge in [0.1, 0.15) is 0 Å². The van der Waals surface area contributed by atoms with E-state index in [-0.39, 0.29) is 23.8 Å². The molecule has 1 aromatic heterocycles. The molecule has 3 rings (SSSR count). The minimum absolute atomic E-state index is 0.00103. The number of hydrogen-bond donors (Lipinski definition) is 0. The topological polar surface area (TPSA) is 41.3 Å². The second-order valence-corrected chi connectivity index (χ2v) is 6.16. The van der Waals surface area contributed by atoms with Gasteiger partial charge in [-0.1, -0.05) is 18.2 Å². The Kier molecular flexibility index (Phi) is 3.99. The average Bonchev–Trinajstić information content (AvgIpc) is 2.89. The van der Waals surface area contributed by atoms with Crippen LogP contribution in [0.1, 0.15) is 42.7 Å². The highest BCUT2D eigenvalue weighted by molar-refractivity contribution is 5.97. The van der Waals surface area contributed by atoms with Crippen LogP contribution in [0.3, 0.4) is 0 Å². The number of fused-ring (bicyclic) bond motifs is 1. The average molecular weight is 309 g/mol. The lowest BCUT2D eigenvalue weighted by atomic mass is 10.1. The molecule has 1 amide bonds. The first kappa shape index (κ1) is 15.4. The number of anilines is 1. The van der Waals surface area contributed by atoms with E-state index in [1.807, 2.05) is 46.9 Å². The summed E-state index contributed by atoms with van der Waals surface area (Å²) in [5.41, 5.74) is 2.82. The summed E-state index contributed by atoms with van der Waals surface area (Å²) in [6, 6.07) is 11.4. The lowest BCUT2D eigenvalue weighted by molar-refractivity contribution is -0.706. The molecule has 0 spiro atoms. The number of hydrogen-bond acceptors (Lipinski definition) is 2. The quantitative estimate of drug-likeness (QED) is 0.646. The maximum absolute atomic E-state index is 13.0. The molecule has 2 heterocycles. The molecule has 0 fully saturated rings. The van der Waals surface area contributed by atoms with Crippen LogP contribution in [0.15, 0.2) is 48.8 Å². The fourth-order valence-corrected chi connectivity index (χ4v) is 3.17. The molecule has 0 bridgehead atoms. The van der Waals surface area contributed by atoms with Gasteiger partial charge in [-0.2, -0.15) is 4.57 Å². The van der Waals surface area contributed by atoms with Gasteiger partial charge >= 0.3 is 0 Å². The van der Waals surface area contributed by atoms with Crippen molar-refractivity contribution in [2.24, 2.45) is 0 Å². The van der Waals surface area contributed by atoms with E-state index in [0.29, 0.717) is 5.56 Å². The first-order chi connectivity index (χ1) is 11.0. The third-order valence-electron chi connectivity index (χ3n) is 4.48. The molecule has 4 heteroatoms. The van der Waals surface area contributed by atoms with Crippen molar-refractivity contribution < 1.29 is 14.2 Å². The molecule has 0 saturated heterocycles. The zero-order valence-corrected chi connectivity index (χ0v) is 13.7. The third kappa shape index (κ3) is 2.77. The van der Waals surface area contributed by atoms with Crippen molar-refractivity contribution in [3.05, 3.63) is 59.9 Å². The number of benzene rings is 1. The van der Waals surface area contributed by atoms with Crippen molar-refractivity contribution in [3.63, 3.8) is 0 Å². The highest BCUT2D eigenvalue weighted by atomic mass is 16.2. The molecule has 0 saturated carbocycles. The fourth-order valence-electron chi connectivity index (χ4n) is 3.17. The summed E-state index contributed by atoms with van der Waals surface area (Å²) < 4.78 is 1.81. The molecular weight excluding hydrogens is 288 g/mol. The molecule has 1 aliphatic rings. The number of ketones is 1. The first-order valence-corrected chi connectivity index (χ1v) is 7.91. The molecule has 4 nitrogen and oxygen atoms in total. The Morgan fingerprint density at radius 2 is 1.96 bits per heavy atom. The number of nitrogens with zero attached hydrogens (tertiary/aromatic N) is 2. The number of Topliss-reactive ketones (excluding diaryl/α,β-unsaturated/α-hetero) is 1. The van der Waals surface area contributed by atoms with Crippen molar-refractivity contribution in [1.29, 1.82) is 0 Å². The summed E-state index contributed by atoms with van der Waals surface area (Å²) in [5, 5.41) is 0. The largest absolute Gasteiger partial charge is 0.303 e. The van der Waals surface area contributed by atoms with Crippen LogP contribution in [0, 0.1) is 0 Å². The van der Waals surface area contributed by atoms with E-state index in [0.717, 1.165) is 12.1 Å². The predicted octanol–water partition coefficient (Wildman–Crippen LogP) is 2.72. The first-order valence-electron chi connectivity index (χ1n) is 7.91. The molecule has 0 radical (unpaired) electrons. The molecule has 1 aromatic carbocycles. The van der Waals surface area contributed by atoms with E-state index in [1.54, 1.807) is 12.3 Å². The van der Waals surface area contributed by atoms with E-state index in [2.05, 4.69) is 13.0 Å². The van der Waals surface area contributed by atoms with Crippen LogP contribution in [-0.4, -0.2) is 17.7 Å². The zero-order valence-electron chi connectivity index (χ0n) is 13.7. The van der Waals surface area contributed by atoms with Gasteiger partial charge in [-0.25, -0.2) is 0 Å². The normalized spacial score (nSPS) is 17.7. The number of para-hydroxylation sites is 1. The Labute approximate surface area is 136 Å². The van der Waals surface area contributed by atoms with Crippen LogP contribution in [0.5, 0.6) is 0 Å². The van der Waals surface area contributed by atoms with Gasteiger partial charge in [0.25, 0.3) is 5.91 Å². The highest BCUT2D eigenvalue weighted by Crippen LogP contribution is 2.32. The molecule has 2 aromatic rings. The van der Waals surface area contributed by atoms with Crippen LogP contribution < -0.4 is 9.47 Å². The molecule has 1 aliphatic heterocycles. The maximum atomic E-state index is 13.0. The highest BCUT2D eigenvalue weighted by Gasteiger charge is 2.36. The van der Waals surface area contributed by atoms with Crippen LogP contribution in [0.4, 0.5) is 5.69 Å². The summed E-state index contributed by atoms with van der Waals surface area (Å²) in [4.78, 5) is 26.5. The van der Waals surface area contributed by atoms with E-state index in [4.69, 9.17) is 0 Å². The number of pyridine rings is 1. The Hall–Kier alpha value is -2.49. The fraction of sp³-hybridized carbons (Fsp3) is 0.316. The van der Waals surface area contributed by atoms with E-state index in [1.165, 1.54) is 12.5 Å². The van der Waals surface area contributed by atoms with Crippen LogP contribution in [-0.2, 0) is 11.2 Å². The molecule has 0 unspecified atom stereocenters. The monoisotopic (exact) mass is 309 g/mol. The summed E-state index contributed by atoms with van der Waals surface area (Å²) in [6.07, 6.45) is 4.46. The number of carbonyl (C=O) groups is 2. The second kappa shape index (κ2) is 5.95. The standard InChI is InChI=1S/C19H21N2O2/c1-13-11-16-7-4-5-9-18(16)21(13)19(23)14(2)20-10-6-8-17(12-20)15(3)22/h4-10,12-14H,11H2,1-3H3/q+1/t13-,14-/m1/s1. The van der Waals surface area contributed by atoms with Gasteiger partial charge in [0.2, 0.25) is 6.04 Å².